The quantitative estimate of drug-likeness (QED) is 0.855. The molecule has 0 spiro atoms. The van der Waals surface area contributed by atoms with Gasteiger partial charge in [0.2, 0.25) is 0 Å². The van der Waals surface area contributed by atoms with Crippen molar-refractivity contribution < 1.29 is 4.74 Å². The van der Waals surface area contributed by atoms with Crippen LogP contribution in [-0.4, -0.2) is 18.6 Å². The lowest BCUT2D eigenvalue weighted by atomic mass is 10.2. The van der Waals surface area contributed by atoms with Crippen molar-refractivity contribution in [2.45, 2.75) is 38.8 Å². The first-order chi connectivity index (χ1) is 7.35. The molecule has 1 aliphatic rings. The van der Waals surface area contributed by atoms with Crippen molar-refractivity contribution in [2.24, 2.45) is 0 Å². The van der Waals surface area contributed by atoms with Crippen LogP contribution in [0.25, 0.3) is 0 Å². The van der Waals surface area contributed by atoms with Gasteiger partial charge in [0.05, 0.1) is 5.69 Å². The van der Waals surface area contributed by atoms with E-state index in [-0.39, 0.29) is 6.10 Å². The van der Waals surface area contributed by atoms with E-state index in [0.717, 1.165) is 37.4 Å². The van der Waals surface area contributed by atoms with Gasteiger partial charge in [-0.25, -0.2) is 4.98 Å². The van der Waals surface area contributed by atoms with E-state index < -0.39 is 0 Å². The molecule has 1 unspecified atom stereocenters. The molecule has 0 saturated carbocycles. The van der Waals surface area contributed by atoms with E-state index in [2.05, 4.69) is 12.2 Å². The first-order valence-electron chi connectivity index (χ1n) is 5.57. The molecule has 4 heteroatoms. The number of hydrogen-bond donors (Lipinski definition) is 1. The maximum absolute atomic E-state index is 5.48. The van der Waals surface area contributed by atoms with Crippen LogP contribution in [-0.2, 0) is 17.7 Å². The van der Waals surface area contributed by atoms with Crippen molar-refractivity contribution in [3.63, 3.8) is 0 Å². The summed E-state index contributed by atoms with van der Waals surface area (Å²) in [6.45, 7) is 4.22. The van der Waals surface area contributed by atoms with Crippen molar-refractivity contribution in [1.29, 1.82) is 0 Å². The second-order valence-electron chi connectivity index (χ2n) is 3.86. The average Bonchev–Trinajstić information content (AvgIpc) is 2.69. The third kappa shape index (κ3) is 2.38. The first kappa shape index (κ1) is 11.0. The lowest BCUT2D eigenvalue weighted by molar-refractivity contribution is 0.0946. The zero-order valence-corrected chi connectivity index (χ0v) is 10.2. The number of aromatic nitrogens is 1. The summed E-state index contributed by atoms with van der Waals surface area (Å²) in [5, 5.41) is 4.53. The number of nitrogens with one attached hydrogen (secondary N) is 1. The predicted molar refractivity (Wildman–Crippen MR) is 62.2 cm³/mol. The Bertz CT molecular complexity index is 301. The summed E-state index contributed by atoms with van der Waals surface area (Å²) in [5.74, 6) is 0. The van der Waals surface area contributed by atoms with Gasteiger partial charge in [-0.1, -0.05) is 13.3 Å². The van der Waals surface area contributed by atoms with E-state index in [1.54, 1.807) is 7.11 Å². The molecule has 0 bridgehead atoms. The summed E-state index contributed by atoms with van der Waals surface area (Å²) in [5.41, 5.74) is 1.28. The molecule has 0 fully saturated rings. The second kappa shape index (κ2) is 5.05. The van der Waals surface area contributed by atoms with Crippen LogP contribution in [0.2, 0.25) is 0 Å². The third-order valence-electron chi connectivity index (χ3n) is 2.73. The van der Waals surface area contributed by atoms with Crippen LogP contribution >= 0.6 is 11.3 Å². The van der Waals surface area contributed by atoms with Crippen LogP contribution < -0.4 is 5.32 Å². The minimum absolute atomic E-state index is 0.200. The van der Waals surface area contributed by atoms with Gasteiger partial charge in [0.25, 0.3) is 0 Å². The Balaban J connectivity index is 2.16. The molecular weight excluding hydrogens is 208 g/mol. The van der Waals surface area contributed by atoms with Crippen molar-refractivity contribution >= 4 is 11.3 Å². The number of thiazole rings is 1. The molecule has 1 aromatic heterocycles. The largest absolute Gasteiger partial charge is 0.374 e. The van der Waals surface area contributed by atoms with Gasteiger partial charge < -0.3 is 10.1 Å². The van der Waals surface area contributed by atoms with Gasteiger partial charge in [0.15, 0.2) is 0 Å². The Kier molecular flexibility index (Phi) is 3.72. The zero-order chi connectivity index (χ0) is 10.7. The highest BCUT2D eigenvalue weighted by Gasteiger charge is 2.19. The monoisotopic (exact) mass is 226 g/mol. The SMILES string of the molecule is CCCC(OC)c1nc2c(s1)CNCC2. The molecule has 0 aromatic carbocycles. The molecule has 1 atom stereocenters. The van der Waals surface area contributed by atoms with E-state index >= 15 is 0 Å². The summed E-state index contributed by atoms with van der Waals surface area (Å²) in [7, 11) is 1.78. The highest BCUT2D eigenvalue weighted by Crippen LogP contribution is 2.30. The Morgan fingerprint density at radius 1 is 1.60 bits per heavy atom. The molecule has 0 aliphatic carbocycles. The molecular formula is C11H18N2OS. The fraction of sp³-hybridized carbons (Fsp3) is 0.727. The van der Waals surface area contributed by atoms with Crippen molar-refractivity contribution in [1.82, 2.24) is 10.3 Å². The Morgan fingerprint density at radius 2 is 2.47 bits per heavy atom. The molecule has 1 aromatic rings. The predicted octanol–water partition coefficient (Wildman–Crippen LogP) is 2.28. The van der Waals surface area contributed by atoms with E-state index in [1.165, 1.54) is 10.6 Å². The van der Waals surface area contributed by atoms with E-state index in [0.29, 0.717) is 0 Å². The molecule has 2 heterocycles. The standard InChI is InChI=1S/C11H18N2OS/c1-3-4-9(14-2)11-13-8-5-6-12-7-10(8)15-11/h9,12H,3-7H2,1-2H3. The van der Waals surface area contributed by atoms with Gasteiger partial charge in [0.1, 0.15) is 11.1 Å². The van der Waals surface area contributed by atoms with Crippen LogP contribution in [0.1, 0.15) is 41.4 Å². The van der Waals surface area contributed by atoms with Crippen LogP contribution in [0.5, 0.6) is 0 Å². The molecule has 15 heavy (non-hydrogen) atoms. The van der Waals surface area contributed by atoms with Crippen LogP contribution in [0, 0.1) is 0 Å². The number of hydrogen-bond acceptors (Lipinski definition) is 4. The van der Waals surface area contributed by atoms with E-state index in [9.17, 15) is 0 Å². The van der Waals surface area contributed by atoms with Gasteiger partial charge >= 0.3 is 0 Å². The molecule has 0 saturated heterocycles. The second-order valence-corrected chi connectivity index (χ2v) is 4.98. The maximum atomic E-state index is 5.48. The fourth-order valence-corrected chi connectivity index (χ4v) is 3.08. The van der Waals surface area contributed by atoms with E-state index in [4.69, 9.17) is 9.72 Å². The molecule has 1 aliphatic heterocycles. The first-order valence-corrected chi connectivity index (χ1v) is 6.38. The van der Waals surface area contributed by atoms with Crippen LogP contribution in [0.3, 0.4) is 0 Å². The zero-order valence-electron chi connectivity index (χ0n) is 9.38. The molecule has 2 rings (SSSR count). The van der Waals surface area contributed by atoms with Gasteiger partial charge in [-0.2, -0.15) is 0 Å². The fourth-order valence-electron chi connectivity index (χ4n) is 1.89. The van der Waals surface area contributed by atoms with Gasteiger partial charge in [-0.05, 0) is 6.42 Å². The summed E-state index contributed by atoms with van der Waals surface area (Å²) >= 11 is 1.81. The Labute approximate surface area is 94.9 Å². The van der Waals surface area contributed by atoms with Gasteiger partial charge in [-0.3, -0.25) is 0 Å². The lowest BCUT2D eigenvalue weighted by Crippen LogP contribution is -2.22. The van der Waals surface area contributed by atoms with Crippen LogP contribution in [0.4, 0.5) is 0 Å². The van der Waals surface area contributed by atoms with Crippen LogP contribution in [0.15, 0.2) is 0 Å². The summed E-state index contributed by atoms with van der Waals surface area (Å²) < 4.78 is 5.48. The minimum atomic E-state index is 0.200. The summed E-state index contributed by atoms with van der Waals surface area (Å²) in [4.78, 5) is 6.09. The minimum Gasteiger partial charge on any atom is -0.374 e. The number of fused-ring (bicyclic) bond motifs is 1. The Morgan fingerprint density at radius 3 is 3.13 bits per heavy atom. The van der Waals surface area contributed by atoms with E-state index in [1.807, 2.05) is 11.3 Å². The van der Waals surface area contributed by atoms with Crippen molar-refractivity contribution in [3.05, 3.63) is 15.6 Å². The molecule has 84 valence electrons. The highest BCUT2D eigenvalue weighted by atomic mass is 32.1. The third-order valence-corrected chi connectivity index (χ3v) is 3.92. The molecule has 0 radical (unpaired) electrons. The number of nitrogens with zero attached hydrogens (tertiary/aromatic N) is 1. The lowest BCUT2D eigenvalue weighted by Gasteiger charge is -2.10. The molecule has 1 N–H and O–H groups in total. The van der Waals surface area contributed by atoms with Crippen molar-refractivity contribution in [2.75, 3.05) is 13.7 Å². The smallest absolute Gasteiger partial charge is 0.122 e. The normalized spacial score (nSPS) is 17.5. The summed E-state index contributed by atoms with van der Waals surface area (Å²) in [6.07, 6.45) is 3.47. The van der Waals surface area contributed by atoms with Crippen molar-refractivity contribution in [3.8, 4) is 0 Å². The highest BCUT2D eigenvalue weighted by molar-refractivity contribution is 7.11. The number of ether oxygens (including phenoxy) is 1. The summed E-state index contributed by atoms with van der Waals surface area (Å²) in [6, 6.07) is 0. The molecule has 0 amide bonds. The van der Waals surface area contributed by atoms with Gasteiger partial charge in [0, 0.05) is 31.5 Å². The topological polar surface area (TPSA) is 34.1 Å². The number of rotatable bonds is 4. The Hall–Kier alpha value is -0.450. The average molecular weight is 226 g/mol. The molecule has 3 nitrogen and oxygen atoms in total. The van der Waals surface area contributed by atoms with Gasteiger partial charge in [-0.15, -0.1) is 11.3 Å². The maximum Gasteiger partial charge on any atom is 0.122 e. The number of methoxy groups -OCH3 is 1.